The lowest BCUT2D eigenvalue weighted by Gasteiger charge is -2.06. The summed E-state index contributed by atoms with van der Waals surface area (Å²) in [5, 5.41) is 8.58. The molecule has 0 aromatic rings. The molecule has 0 aromatic carbocycles. The second-order valence-corrected chi connectivity index (χ2v) is 3.93. The topological polar surface area (TPSA) is 62.4 Å². The lowest BCUT2D eigenvalue weighted by Crippen LogP contribution is -2.33. The van der Waals surface area contributed by atoms with Crippen LogP contribution < -0.4 is 16.0 Å². The highest BCUT2D eigenvalue weighted by Crippen LogP contribution is 1.86. The number of hydrogen-bond donors (Lipinski definition) is 3. The maximum Gasteiger partial charge on any atom is 0.314 e. The molecular weight excluding hydrogens is 218 g/mol. The molecule has 0 aliphatic heterocycles. The molecule has 0 rings (SSSR count). The maximum absolute atomic E-state index is 10.8. The first-order valence-corrected chi connectivity index (χ1v) is 6.55. The third kappa shape index (κ3) is 13.1. The minimum absolute atomic E-state index is 0.134. The standard InChI is InChI=1S/C12H27N3O2/c1-3-4-7-14-8-5-10-17-11-6-9-15-12(16)13-2/h14H,3-11H2,1-2H3,(H2,13,15,16). The molecule has 0 aromatic heterocycles. The smallest absolute Gasteiger partial charge is 0.314 e. The lowest BCUT2D eigenvalue weighted by atomic mass is 10.3. The van der Waals surface area contributed by atoms with Crippen LogP contribution in [0.1, 0.15) is 32.6 Å². The van der Waals surface area contributed by atoms with Crippen molar-refractivity contribution < 1.29 is 9.53 Å². The zero-order chi connectivity index (χ0) is 12.8. The van der Waals surface area contributed by atoms with Crippen molar-refractivity contribution in [2.45, 2.75) is 32.6 Å². The van der Waals surface area contributed by atoms with Crippen LogP contribution in [0, 0.1) is 0 Å². The number of rotatable bonds is 11. The summed E-state index contributed by atoms with van der Waals surface area (Å²) in [4.78, 5) is 10.8. The summed E-state index contributed by atoms with van der Waals surface area (Å²) in [6, 6.07) is -0.134. The molecule has 2 amide bonds. The van der Waals surface area contributed by atoms with E-state index in [0.29, 0.717) is 13.2 Å². The zero-order valence-electron chi connectivity index (χ0n) is 11.2. The Morgan fingerprint density at radius 3 is 2.35 bits per heavy atom. The van der Waals surface area contributed by atoms with Gasteiger partial charge in [-0.05, 0) is 32.4 Å². The van der Waals surface area contributed by atoms with Crippen molar-refractivity contribution in [1.82, 2.24) is 16.0 Å². The highest BCUT2D eigenvalue weighted by Gasteiger charge is 1.94. The Labute approximate surface area is 105 Å². The molecule has 0 unspecified atom stereocenters. The molecule has 102 valence electrons. The molecule has 5 nitrogen and oxygen atoms in total. The number of nitrogens with one attached hydrogen (secondary N) is 3. The van der Waals surface area contributed by atoms with Gasteiger partial charge in [0.15, 0.2) is 0 Å². The van der Waals surface area contributed by atoms with Crippen molar-refractivity contribution in [2.75, 3.05) is 39.9 Å². The number of amides is 2. The quantitative estimate of drug-likeness (QED) is 0.478. The van der Waals surface area contributed by atoms with Gasteiger partial charge in [0, 0.05) is 26.8 Å². The summed E-state index contributed by atoms with van der Waals surface area (Å²) in [5.74, 6) is 0. The number of hydrogen-bond acceptors (Lipinski definition) is 3. The number of unbranched alkanes of at least 4 members (excludes halogenated alkanes) is 1. The monoisotopic (exact) mass is 245 g/mol. The average molecular weight is 245 g/mol. The summed E-state index contributed by atoms with van der Waals surface area (Å²) in [7, 11) is 1.61. The van der Waals surface area contributed by atoms with Gasteiger partial charge in [0.25, 0.3) is 0 Å². The first kappa shape index (κ1) is 16.2. The van der Waals surface area contributed by atoms with Crippen LogP contribution in [0.4, 0.5) is 4.79 Å². The van der Waals surface area contributed by atoms with Crippen LogP contribution in [0.5, 0.6) is 0 Å². The van der Waals surface area contributed by atoms with Gasteiger partial charge in [-0.3, -0.25) is 0 Å². The first-order chi connectivity index (χ1) is 8.31. The van der Waals surface area contributed by atoms with E-state index in [4.69, 9.17) is 4.74 Å². The molecule has 0 spiro atoms. The third-order valence-corrected chi connectivity index (χ3v) is 2.33. The summed E-state index contributed by atoms with van der Waals surface area (Å²) in [6.45, 7) is 6.48. The molecule has 17 heavy (non-hydrogen) atoms. The van der Waals surface area contributed by atoms with E-state index in [9.17, 15) is 4.79 Å². The maximum atomic E-state index is 10.8. The van der Waals surface area contributed by atoms with E-state index >= 15 is 0 Å². The summed E-state index contributed by atoms with van der Waals surface area (Å²) in [5.41, 5.74) is 0. The minimum Gasteiger partial charge on any atom is -0.381 e. The van der Waals surface area contributed by atoms with E-state index in [1.807, 2.05) is 0 Å². The molecule has 0 saturated heterocycles. The van der Waals surface area contributed by atoms with Gasteiger partial charge in [0.1, 0.15) is 0 Å². The van der Waals surface area contributed by atoms with Crippen molar-refractivity contribution >= 4 is 6.03 Å². The van der Waals surface area contributed by atoms with Gasteiger partial charge in [0.2, 0.25) is 0 Å². The largest absolute Gasteiger partial charge is 0.381 e. The molecule has 0 fully saturated rings. The van der Waals surface area contributed by atoms with Crippen molar-refractivity contribution in [3.63, 3.8) is 0 Å². The summed E-state index contributed by atoms with van der Waals surface area (Å²) >= 11 is 0. The predicted octanol–water partition coefficient (Wildman–Crippen LogP) is 1.10. The van der Waals surface area contributed by atoms with Crippen LogP contribution in [0.3, 0.4) is 0 Å². The fraction of sp³-hybridized carbons (Fsp3) is 0.917. The number of ether oxygens (including phenoxy) is 1. The Bertz CT molecular complexity index is 177. The number of carbonyl (C=O) groups excluding carboxylic acids is 1. The molecule has 0 aliphatic carbocycles. The first-order valence-electron chi connectivity index (χ1n) is 6.55. The third-order valence-electron chi connectivity index (χ3n) is 2.33. The fourth-order valence-electron chi connectivity index (χ4n) is 1.29. The molecule has 0 bridgehead atoms. The summed E-state index contributed by atoms with van der Waals surface area (Å²) in [6.07, 6.45) is 4.39. The van der Waals surface area contributed by atoms with Gasteiger partial charge in [-0.1, -0.05) is 13.3 Å². The van der Waals surface area contributed by atoms with Gasteiger partial charge in [0.05, 0.1) is 0 Å². The Kier molecular flexibility index (Phi) is 12.6. The molecule has 0 heterocycles. The number of urea groups is 1. The molecule has 0 saturated carbocycles. The lowest BCUT2D eigenvalue weighted by molar-refractivity contribution is 0.129. The van der Waals surface area contributed by atoms with Crippen molar-refractivity contribution in [3.05, 3.63) is 0 Å². The minimum atomic E-state index is -0.134. The molecule has 0 atom stereocenters. The second-order valence-electron chi connectivity index (χ2n) is 3.93. The Morgan fingerprint density at radius 2 is 1.71 bits per heavy atom. The Balaban J connectivity index is 2.96. The molecule has 3 N–H and O–H groups in total. The predicted molar refractivity (Wildman–Crippen MR) is 70.3 cm³/mol. The number of carbonyl (C=O) groups is 1. The van der Waals surface area contributed by atoms with Crippen LogP contribution in [0.2, 0.25) is 0 Å². The molecule has 0 radical (unpaired) electrons. The van der Waals surface area contributed by atoms with Gasteiger partial charge in [-0.15, -0.1) is 0 Å². The second kappa shape index (κ2) is 13.3. The average Bonchev–Trinajstić information content (AvgIpc) is 2.35. The Morgan fingerprint density at radius 1 is 1.06 bits per heavy atom. The molecule has 0 aliphatic rings. The van der Waals surface area contributed by atoms with E-state index < -0.39 is 0 Å². The van der Waals surface area contributed by atoms with Crippen LogP contribution in [-0.4, -0.2) is 45.9 Å². The highest BCUT2D eigenvalue weighted by molar-refractivity contribution is 5.73. The van der Waals surface area contributed by atoms with E-state index in [0.717, 1.165) is 32.5 Å². The van der Waals surface area contributed by atoms with Crippen LogP contribution in [0.15, 0.2) is 0 Å². The Hall–Kier alpha value is -0.810. The highest BCUT2D eigenvalue weighted by atomic mass is 16.5. The van der Waals surface area contributed by atoms with Crippen LogP contribution in [0.25, 0.3) is 0 Å². The van der Waals surface area contributed by atoms with E-state index in [1.165, 1.54) is 12.8 Å². The molecular formula is C12H27N3O2. The van der Waals surface area contributed by atoms with E-state index in [2.05, 4.69) is 22.9 Å². The zero-order valence-corrected chi connectivity index (χ0v) is 11.2. The van der Waals surface area contributed by atoms with Crippen LogP contribution >= 0.6 is 0 Å². The van der Waals surface area contributed by atoms with Crippen molar-refractivity contribution in [2.24, 2.45) is 0 Å². The SMILES string of the molecule is CCCCNCCCOCCCNC(=O)NC. The van der Waals surface area contributed by atoms with Crippen molar-refractivity contribution in [1.29, 1.82) is 0 Å². The summed E-state index contributed by atoms with van der Waals surface area (Å²) < 4.78 is 5.44. The molecule has 5 heteroatoms. The van der Waals surface area contributed by atoms with E-state index in [-0.39, 0.29) is 6.03 Å². The fourth-order valence-corrected chi connectivity index (χ4v) is 1.29. The van der Waals surface area contributed by atoms with Crippen molar-refractivity contribution in [3.8, 4) is 0 Å². The van der Waals surface area contributed by atoms with Gasteiger partial charge >= 0.3 is 6.03 Å². The van der Waals surface area contributed by atoms with Gasteiger partial charge in [-0.2, -0.15) is 0 Å². The van der Waals surface area contributed by atoms with E-state index in [1.54, 1.807) is 7.05 Å². The van der Waals surface area contributed by atoms with Gasteiger partial charge < -0.3 is 20.7 Å². The van der Waals surface area contributed by atoms with Gasteiger partial charge in [-0.25, -0.2) is 4.79 Å². The normalized spacial score (nSPS) is 10.2. The van der Waals surface area contributed by atoms with Crippen LogP contribution in [-0.2, 0) is 4.74 Å².